The fourth-order valence-electron chi connectivity index (χ4n) is 1.73. The Hall–Kier alpha value is -1.78. The Balaban J connectivity index is 2.28. The molecule has 0 aromatic heterocycles. The Morgan fingerprint density at radius 3 is 2.35 bits per heavy atom. The van der Waals surface area contributed by atoms with E-state index in [4.69, 9.17) is 23.2 Å². The van der Waals surface area contributed by atoms with E-state index in [1.165, 1.54) is 12.1 Å². The van der Waals surface area contributed by atoms with E-state index in [0.717, 1.165) is 0 Å². The number of anilines is 2. The fourth-order valence-corrected chi connectivity index (χ4v) is 2.21. The maximum atomic E-state index is 13.3. The van der Waals surface area contributed by atoms with Crippen LogP contribution in [-0.2, 0) is 0 Å². The van der Waals surface area contributed by atoms with Crippen LogP contribution in [0, 0.1) is 5.82 Å². The molecule has 0 aliphatic rings. The minimum absolute atomic E-state index is 0.144. The lowest BCUT2D eigenvalue weighted by atomic mass is 10.1. The van der Waals surface area contributed by atoms with E-state index >= 15 is 0 Å². The second kappa shape index (κ2) is 6.11. The normalized spacial score (nSPS) is 10.2. The molecule has 0 heterocycles. The summed E-state index contributed by atoms with van der Waals surface area (Å²) in [4.78, 5) is 12.2. The molecule has 0 aliphatic heterocycles. The number of para-hydroxylation sites is 1. The highest BCUT2D eigenvalue weighted by Crippen LogP contribution is 2.28. The van der Waals surface area contributed by atoms with E-state index in [1.807, 2.05) is 6.07 Å². The molecule has 0 fully saturated rings. The molecule has 0 radical (unpaired) electrons. The zero-order valence-electron chi connectivity index (χ0n) is 10.5. The van der Waals surface area contributed by atoms with Crippen LogP contribution >= 0.6 is 23.2 Å². The summed E-state index contributed by atoms with van der Waals surface area (Å²) in [5.74, 6) is -1.05. The van der Waals surface area contributed by atoms with Crippen molar-refractivity contribution in [2.24, 2.45) is 0 Å². The van der Waals surface area contributed by atoms with Gasteiger partial charge in [-0.2, -0.15) is 0 Å². The molecule has 0 aliphatic carbocycles. The van der Waals surface area contributed by atoms with Gasteiger partial charge < -0.3 is 10.6 Å². The van der Waals surface area contributed by atoms with Gasteiger partial charge in [0.25, 0.3) is 5.91 Å². The second-order valence-corrected chi connectivity index (χ2v) is 4.82. The number of rotatable bonds is 3. The smallest absolute Gasteiger partial charge is 0.257 e. The minimum atomic E-state index is -0.707. The predicted molar refractivity (Wildman–Crippen MR) is 80.4 cm³/mol. The minimum Gasteiger partial charge on any atom is -0.387 e. The van der Waals surface area contributed by atoms with E-state index in [0.29, 0.717) is 16.9 Å². The van der Waals surface area contributed by atoms with Gasteiger partial charge in [0.05, 0.1) is 15.6 Å². The van der Waals surface area contributed by atoms with Crippen molar-refractivity contribution in [1.82, 2.24) is 0 Å². The van der Waals surface area contributed by atoms with Crippen LogP contribution in [0.2, 0.25) is 10.0 Å². The first-order valence-electron chi connectivity index (χ1n) is 5.75. The molecule has 0 atom stereocenters. The van der Waals surface area contributed by atoms with Gasteiger partial charge in [-0.25, -0.2) is 4.39 Å². The lowest BCUT2D eigenvalue weighted by molar-refractivity contribution is 0.102. The Bertz CT molecular complexity index is 638. The first-order chi connectivity index (χ1) is 9.52. The number of hydrogen-bond donors (Lipinski definition) is 2. The van der Waals surface area contributed by atoms with Crippen LogP contribution in [0.5, 0.6) is 0 Å². The Kier molecular flexibility index (Phi) is 4.47. The van der Waals surface area contributed by atoms with Crippen molar-refractivity contribution < 1.29 is 9.18 Å². The highest BCUT2D eigenvalue weighted by Gasteiger charge is 2.13. The molecule has 0 spiro atoms. The summed E-state index contributed by atoms with van der Waals surface area (Å²) in [6, 6.07) is 9.63. The van der Waals surface area contributed by atoms with Crippen LogP contribution in [0.25, 0.3) is 0 Å². The maximum Gasteiger partial charge on any atom is 0.257 e. The van der Waals surface area contributed by atoms with Gasteiger partial charge >= 0.3 is 0 Å². The largest absolute Gasteiger partial charge is 0.387 e. The fraction of sp³-hybridized carbons (Fsp3) is 0.0714. The number of carbonyl (C=O) groups is 1. The van der Waals surface area contributed by atoms with Crippen molar-refractivity contribution in [1.29, 1.82) is 0 Å². The average Bonchev–Trinajstić information content (AvgIpc) is 2.44. The molecule has 6 heteroatoms. The van der Waals surface area contributed by atoms with Crippen molar-refractivity contribution in [2.45, 2.75) is 0 Å². The quantitative estimate of drug-likeness (QED) is 0.823. The summed E-state index contributed by atoms with van der Waals surface area (Å²) >= 11 is 11.4. The van der Waals surface area contributed by atoms with Crippen LogP contribution < -0.4 is 10.6 Å². The van der Waals surface area contributed by atoms with Gasteiger partial charge in [0.1, 0.15) is 0 Å². The summed E-state index contributed by atoms with van der Waals surface area (Å²) < 4.78 is 13.3. The van der Waals surface area contributed by atoms with Gasteiger partial charge in [0.2, 0.25) is 0 Å². The summed E-state index contributed by atoms with van der Waals surface area (Å²) in [6.07, 6.45) is 0. The summed E-state index contributed by atoms with van der Waals surface area (Å²) in [5.41, 5.74) is 1.48. The third-order valence-corrected chi connectivity index (χ3v) is 3.23. The SMILES string of the molecule is CNc1ccccc1C(=O)Nc1cc(Cl)c(F)c(Cl)c1. The average molecular weight is 313 g/mol. The number of nitrogens with one attached hydrogen (secondary N) is 2. The molecule has 2 aromatic carbocycles. The first-order valence-corrected chi connectivity index (χ1v) is 6.51. The van der Waals surface area contributed by atoms with Gasteiger partial charge in [-0.1, -0.05) is 35.3 Å². The molecule has 0 bridgehead atoms. The van der Waals surface area contributed by atoms with Gasteiger partial charge in [-0.3, -0.25) is 4.79 Å². The highest BCUT2D eigenvalue weighted by molar-refractivity contribution is 6.35. The molecule has 3 nitrogen and oxygen atoms in total. The van der Waals surface area contributed by atoms with Crippen LogP contribution in [0.4, 0.5) is 15.8 Å². The molecule has 0 saturated carbocycles. The monoisotopic (exact) mass is 312 g/mol. The van der Waals surface area contributed by atoms with Crippen molar-refractivity contribution in [3.8, 4) is 0 Å². The van der Waals surface area contributed by atoms with Gasteiger partial charge in [-0.05, 0) is 24.3 Å². The zero-order chi connectivity index (χ0) is 14.7. The third kappa shape index (κ3) is 3.03. The Morgan fingerprint density at radius 2 is 1.75 bits per heavy atom. The molecule has 0 saturated heterocycles. The molecule has 2 aromatic rings. The van der Waals surface area contributed by atoms with Gasteiger partial charge in [0.15, 0.2) is 5.82 Å². The van der Waals surface area contributed by atoms with E-state index in [2.05, 4.69) is 10.6 Å². The maximum absolute atomic E-state index is 13.3. The summed E-state index contributed by atoms with van der Waals surface area (Å²) in [7, 11) is 1.72. The standard InChI is InChI=1S/C14H11Cl2FN2O/c1-18-12-5-3-2-4-9(12)14(20)19-8-6-10(15)13(17)11(16)7-8/h2-7,18H,1H3,(H,19,20). The second-order valence-electron chi connectivity index (χ2n) is 4.00. The van der Waals surface area contributed by atoms with Crippen LogP contribution in [-0.4, -0.2) is 13.0 Å². The summed E-state index contributed by atoms with van der Waals surface area (Å²) in [6.45, 7) is 0. The van der Waals surface area contributed by atoms with E-state index in [1.54, 1.807) is 25.2 Å². The Labute approximate surface area is 125 Å². The number of hydrogen-bond acceptors (Lipinski definition) is 2. The molecular formula is C14H11Cl2FN2O. The lowest BCUT2D eigenvalue weighted by Crippen LogP contribution is -2.14. The van der Waals surface area contributed by atoms with Crippen molar-refractivity contribution >= 4 is 40.5 Å². The van der Waals surface area contributed by atoms with Crippen LogP contribution in [0.1, 0.15) is 10.4 Å². The van der Waals surface area contributed by atoms with E-state index < -0.39 is 5.82 Å². The topological polar surface area (TPSA) is 41.1 Å². The third-order valence-electron chi connectivity index (χ3n) is 2.68. The number of carbonyl (C=O) groups excluding carboxylic acids is 1. The molecule has 1 amide bonds. The predicted octanol–water partition coefficient (Wildman–Crippen LogP) is 4.43. The lowest BCUT2D eigenvalue weighted by Gasteiger charge is -2.10. The van der Waals surface area contributed by atoms with Crippen molar-refractivity contribution in [3.05, 3.63) is 57.8 Å². The van der Waals surface area contributed by atoms with Gasteiger partial charge in [-0.15, -0.1) is 0 Å². The molecule has 2 N–H and O–H groups in total. The molecule has 20 heavy (non-hydrogen) atoms. The molecular weight excluding hydrogens is 302 g/mol. The van der Waals surface area contributed by atoms with E-state index in [-0.39, 0.29) is 16.0 Å². The number of benzene rings is 2. The van der Waals surface area contributed by atoms with Crippen molar-refractivity contribution in [2.75, 3.05) is 17.7 Å². The van der Waals surface area contributed by atoms with Gasteiger partial charge in [0, 0.05) is 18.4 Å². The number of halogens is 3. The van der Waals surface area contributed by atoms with Crippen molar-refractivity contribution in [3.63, 3.8) is 0 Å². The van der Waals surface area contributed by atoms with Crippen LogP contribution in [0.15, 0.2) is 36.4 Å². The zero-order valence-corrected chi connectivity index (χ0v) is 12.0. The van der Waals surface area contributed by atoms with Crippen LogP contribution in [0.3, 0.4) is 0 Å². The summed E-state index contributed by atoms with van der Waals surface area (Å²) in [5, 5.41) is 5.26. The molecule has 104 valence electrons. The van der Waals surface area contributed by atoms with E-state index in [9.17, 15) is 9.18 Å². The number of amides is 1. The first kappa shape index (κ1) is 14.6. The Morgan fingerprint density at radius 1 is 1.15 bits per heavy atom. The highest BCUT2D eigenvalue weighted by atomic mass is 35.5. The molecule has 2 rings (SSSR count). The molecule has 0 unspecified atom stereocenters.